The summed E-state index contributed by atoms with van der Waals surface area (Å²) in [6.45, 7) is 4.22. The molecule has 30 heavy (non-hydrogen) atoms. The molecule has 0 aliphatic heterocycles. The fourth-order valence-corrected chi connectivity index (χ4v) is 3.52. The monoisotopic (exact) mass is 399 g/mol. The zero-order chi connectivity index (χ0) is 21.1. The van der Waals surface area contributed by atoms with Crippen molar-refractivity contribution >= 4 is 0 Å². The molecule has 1 atom stereocenters. The first-order chi connectivity index (χ1) is 14.6. The number of aryl methyl sites for hydroxylation is 2. The van der Waals surface area contributed by atoms with Gasteiger partial charge >= 0.3 is 0 Å². The van der Waals surface area contributed by atoms with E-state index in [1.807, 2.05) is 41.5 Å². The van der Waals surface area contributed by atoms with Crippen LogP contribution in [0.15, 0.2) is 72.2 Å². The predicted octanol–water partition coefficient (Wildman–Crippen LogP) is 4.27. The fraction of sp³-hybridized carbons (Fsp3) is 0.250. The Hall–Kier alpha value is -3.54. The number of pyridine rings is 1. The molecule has 4 rings (SSSR count). The SMILES string of the molecule is CCCc1ncc(-c2cc(=O)n(C)cc2-c2cnn(C(C)c3ccccc3)c2)cn1. The molecular formula is C24H25N5O. The van der Waals surface area contributed by atoms with E-state index in [1.165, 1.54) is 5.56 Å². The van der Waals surface area contributed by atoms with Crippen LogP contribution in [0.3, 0.4) is 0 Å². The molecular weight excluding hydrogens is 374 g/mol. The highest BCUT2D eigenvalue weighted by molar-refractivity contribution is 5.81. The van der Waals surface area contributed by atoms with Crippen molar-refractivity contribution in [2.24, 2.45) is 7.05 Å². The van der Waals surface area contributed by atoms with Crippen molar-refractivity contribution in [2.75, 3.05) is 0 Å². The van der Waals surface area contributed by atoms with E-state index in [-0.39, 0.29) is 11.6 Å². The summed E-state index contributed by atoms with van der Waals surface area (Å²) < 4.78 is 3.53. The fourth-order valence-electron chi connectivity index (χ4n) is 3.52. The van der Waals surface area contributed by atoms with E-state index >= 15 is 0 Å². The molecule has 0 saturated carbocycles. The topological polar surface area (TPSA) is 65.6 Å². The number of rotatable bonds is 6. The summed E-state index contributed by atoms with van der Waals surface area (Å²) in [4.78, 5) is 21.3. The largest absolute Gasteiger partial charge is 0.318 e. The molecule has 3 aromatic heterocycles. The summed E-state index contributed by atoms with van der Waals surface area (Å²) in [6.07, 6.45) is 11.2. The highest BCUT2D eigenvalue weighted by atomic mass is 16.1. The zero-order valence-corrected chi connectivity index (χ0v) is 17.5. The maximum Gasteiger partial charge on any atom is 0.250 e. The van der Waals surface area contributed by atoms with Crippen LogP contribution in [0.4, 0.5) is 0 Å². The van der Waals surface area contributed by atoms with Crippen LogP contribution < -0.4 is 5.56 Å². The van der Waals surface area contributed by atoms with Crippen molar-refractivity contribution in [1.29, 1.82) is 0 Å². The van der Waals surface area contributed by atoms with E-state index in [1.54, 1.807) is 30.1 Å². The van der Waals surface area contributed by atoms with Crippen LogP contribution in [0.2, 0.25) is 0 Å². The minimum absolute atomic E-state index is 0.0727. The van der Waals surface area contributed by atoms with Gasteiger partial charge < -0.3 is 4.57 Å². The molecule has 0 radical (unpaired) electrons. The highest BCUT2D eigenvalue weighted by Gasteiger charge is 2.15. The molecule has 0 saturated heterocycles. The van der Waals surface area contributed by atoms with Gasteiger partial charge in [0.25, 0.3) is 5.56 Å². The molecule has 6 heteroatoms. The number of nitrogens with zero attached hydrogens (tertiary/aromatic N) is 5. The van der Waals surface area contributed by atoms with Crippen molar-refractivity contribution in [1.82, 2.24) is 24.3 Å². The van der Waals surface area contributed by atoms with E-state index in [4.69, 9.17) is 0 Å². The first-order valence-corrected chi connectivity index (χ1v) is 10.2. The second-order valence-electron chi connectivity index (χ2n) is 7.48. The molecule has 0 N–H and O–H groups in total. The first kappa shape index (κ1) is 19.8. The van der Waals surface area contributed by atoms with Crippen molar-refractivity contribution in [3.8, 4) is 22.3 Å². The molecule has 0 bridgehead atoms. The van der Waals surface area contributed by atoms with E-state index in [2.05, 4.69) is 41.0 Å². The number of hydrogen-bond donors (Lipinski definition) is 0. The third-order valence-electron chi connectivity index (χ3n) is 5.31. The highest BCUT2D eigenvalue weighted by Crippen LogP contribution is 2.31. The molecule has 6 nitrogen and oxygen atoms in total. The summed E-state index contributed by atoms with van der Waals surface area (Å²) in [5.41, 5.74) is 4.63. The Kier molecular flexibility index (Phi) is 5.57. The maximum absolute atomic E-state index is 12.4. The Morgan fingerprint density at radius 1 is 0.967 bits per heavy atom. The van der Waals surface area contributed by atoms with Gasteiger partial charge in [0.05, 0.1) is 12.2 Å². The molecule has 0 aliphatic rings. The molecule has 1 aromatic carbocycles. The number of benzene rings is 1. The lowest BCUT2D eigenvalue weighted by Crippen LogP contribution is -2.15. The quantitative estimate of drug-likeness (QED) is 0.486. The predicted molar refractivity (Wildman–Crippen MR) is 118 cm³/mol. The van der Waals surface area contributed by atoms with Gasteiger partial charge in [-0.15, -0.1) is 0 Å². The van der Waals surface area contributed by atoms with Crippen LogP contribution in [0.5, 0.6) is 0 Å². The number of hydrogen-bond acceptors (Lipinski definition) is 4. The van der Waals surface area contributed by atoms with Gasteiger partial charge in [-0.05, 0) is 24.5 Å². The Balaban J connectivity index is 1.75. The normalized spacial score (nSPS) is 12.1. The van der Waals surface area contributed by atoms with Crippen LogP contribution in [-0.2, 0) is 13.5 Å². The Labute approximate surface area is 175 Å². The molecule has 0 fully saturated rings. The Morgan fingerprint density at radius 3 is 2.40 bits per heavy atom. The van der Waals surface area contributed by atoms with Gasteiger partial charge in [0.2, 0.25) is 0 Å². The summed E-state index contributed by atoms with van der Waals surface area (Å²) in [6, 6.07) is 12.0. The zero-order valence-electron chi connectivity index (χ0n) is 17.5. The lowest BCUT2D eigenvalue weighted by molar-refractivity contribution is 0.565. The third kappa shape index (κ3) is 3.94. The van der Waals surface area contributed by atoms with Crippen molar-refractivity contribution in [3.05, 3.63) is 89.1 Å². The minimum atomic E-state index is -0.0727. The Bertz CT molecular complexity index is 1190. The molecule has 0 amide bonds. The summed E-state index contributed by atoms with van der Waals surface area (Å²) in [7, 11) is 1.76. The molecule has 1 unspecified atom stereocenters. The van der Waals surface area contributed by atoms with Crippen LogP contribution in [0.25, 0.3) is 22.3 Å². The van der Waals surface area contributed by atoms with Gasteiger partial charge in [-0.25, -0.2) is 9.97 Å². The smallest absolute Gasteiger partial charge is 0.250 e. The first-order valence-electron chi connectivity index (χ1n) is 10.2. The lowest BCUT2D eigenvalue weighted by Gasteiger charge is -2.13. The van der Waals surface area contributed by atoms with E-state index in [0.29, 0.717) is 0 Å². The molecule has 152 valence electrons. The third-order valence-corrected chi connectivity index (χ3v) is 5.31. The van der Waals surface area contributed by atoms with Crippen molar-refractivity contribution in [3.63, 3.8) is 0 Å². The lowest BCUT2D eigenvalue weighted by atomic mass is 10.0. The maximum atomic E-state index is 12.4. The van der Waals surface area contributed by atoms with Gasteiger partial charge in [0, 0.05) is 61.0 Å². The van der Waals surface area contributed by atoms with Crippen molar-refractivity contribution < 1.29 is 0 Å². The van der Waals surface area contributed by atoms with Gasteiger partial charge in [0.1, 0.15) is 5.82 Å². The molecule has 3 heterocycles. The van der Waals surface area contributed by atoms with Gasteiger partial charge in [-0.2, -0.15) is 5.10 Å². The van der Waals surface area contributed by atoms with Gasteiger partial charge in [0.15, 0.2) is 0 Å². The Morgan fingerprint density at radius 2 is 1.70 bits per heavy atom. The standard InChI is InChI=1S/C24H25N5O/c1-4-8-23-25-12-19(13-26-23)21-11-24(30)28(3)16-22(21)20-14-27-29(15-20)17(2)18-9-6-5-7-10-18/h5-7,9-17H,4,8H2,1-3H3. The van der Waals surface area contributed by atoms with Crippen LogP contribution in [-0.4, -0.2) is 24.3 Å². The second-order valence-corrected chi connectivity index (χ2v) is 7.48. The average Bonchev–Trinajstić information content (AvgIpc) is 3.26. The van der Waals surface area contributed by atoms with Crippen LogP contribution in [0, 0.1) is 0 Å². The average molecular weight is 399 g/mol. The molecule has 4 aromatic rings. The second kappa shape index (κ2) is 8.45. The van der Waals surface area contributed by atoms with Crippen LogP contribution >= 0.6 is 0 Å². The number of aromatic nitrogens is 5. The van der Waals surface area contributed by atoms with Gasteiger partial charge in [-0.1, -0.05) is 37.3 Å². The van der Waals surface area contributed by atoms with Crippen molar-refractivity contribution in [2.45, 2.75) is 32.7 Å². The van der Waals surface area contributed by atoms with E-state index < -0.39 is 0 Å². The molecule has 0 spiro atoms. The summed E-state index contributed by atoms with van der Waals surface area (Å²) in [5.74, 6) is 0.816. The summed E-state index contributed by atoms with van der Waals surface area (Å²) >= 11 is 0. The summed E-state index contributed by atoms with van der Waals surface area (Å²) in [5, 5.41) is 4.59. The van der Waals surface area contributed by atoms with Gasteiger partial charge in [-0.3, -0.25) is 9.48 Å². The minimum Gasteiger partial charge on any atom is -0.318 e. The van der Waals surface area contributed by atoms with E-state index in [9.17, 15) is 4.79 Å². The van der Waals surface area contributed by atoms with Crippen LogP contribution in [0.1, 0.15) is 37.7 Å². The molecule has 0 aliphatic carbocycles. The van der Waals surface area contributed by atoms with E-state index in [0.717, 1.165) is 40.9 Å².